The van der Waals surface area contributed by atoms with Crippen molar-refractivity contribution >= 4 is 11.7 Å². The molecule has 26 heavy (non-hydrogen) atoms. The predicted molar refractivity (Wildman–Crippen MR) is 98.7 cm³/mol. The number of hydrogen-bond acceptors (Lipinski definition) is 6. The second-order valence-corrected chi connectivity index (χ2v) is 6.80. The maximum absolute atomic E-state index is 12.9. The highest BCUT2D eigenvalue weighted by atomic mass is 16.5. The third kappa shape index (κ3) is 4.27. The molecule has 0 fully saturated rings. The van der Waals surface area contributed by atoms with Crippen molar-refractivity contribution in [3.05, 3.63) is 35.1 Å². The molecule has 0 saturated heterocycles. The molecule has 0 aromatic carbocycles. The lowest BCUT2D eigenvalue weighted by Gasteiger charge is -2.34. The summed E-state index contributed by atoms with van der Waals surface area (Å²) in [4.78, 5) is 24.2. The van der Waals surface area contributed by atoms with Crippen molar-refractivity contribution in [2.24, 2.45) is 0 Å². The number of nitrogens with one attached hydrogen (secondary N) is 1. The Morgan fingerprint density at radius 1 is 1.42 bits per heavy atom. The minimum Gasteiger partial charge on any atom is -0.360 e. The van der Waals surface area contributed by atoms with E-state index < -0.39 is 0 Å². The largest absolute Gasteiger partial charge is 0.360 e. The lowest BCUT2D eigenvalue weighted by Crippen LogP contribution is -2.46. The lowest BCUT2D eigenvalue weighted by molar-refractivity contribution is -0.122. The lowest BCUT2D eigenvalue weighted by atomic mass is 10.0. The van der Waals surface area contributed by atoms with Crippen LogP contribution in [0.1, 0.15) is 56.0 Å². The van der Waals surface area contributed by atoms with Crippen molar-refractivity contribution in [2.75, 3.05) is 11.9 Å². The molecule has 1 amide bonds. The van der Waals surface area contributed by atoms with E-state index >= 15 is 0 Å². The molecule has 2 aromatic rings. The average molecular weight is 357 g/mol. The van der Waals surface area contributed by atoms with Gasteiger partial charge in [-0.15, -0.1) is 0 Å². The first-order valence-electron chi connectivity index (χ1n) is 9.42. The minimum absolute atomic E-state index is 0.0278. The zero-order valence-electron chi connectivity index (χ0n) is 15.8. The molecule has 3 heterocycles. The number of aromatic nitrogens is 3. The fraction of sp³-hybridized carbons (Fsp3) is 0.579. The molecule has 0 bridgehead atoms. The molecule has 0 aliphatic carbocycles. The van der Waals surface area contributed by atoms with Crippen molar-refractivity contribution in [3.63, 3.8) is 0 Å². The Kier molecular flexibility index (Phi) is 5.98. The molecule has 1 atom stereocenters. The molecule has 0 radical (unpaired) electrons. The van der Waals surface area contributed by atoms with Gasteiger partial charge in [-0.05, 0) is 25.3 Å². The maximum Gasteiger partial charge on any atom is 0.242 e. The highest BCUT2D eigenvalue weighted by Gasteiger charge is 2.30. The quantitative estimate of drug-likeness (QED) is 0.820. The molecule has 0 spiro atoms. The minimum atomic E-state index is -0.194. The molecule has 0 saturated carbocycles. The van der Waals surface area contributed by atoms with E-state index in [9.17, 15) is 4.79 Å². The number of carbonyl (C=O) groups is 1. The first kappa shape index (κ1) is 18.5. The van der Waals surface area contributed by atoms with E-state index in [0.717, 1.165) is 50.2 Å². The zero-order chi connectivity index (χ0) is 18.5. The van der Waals surface area contributed by atoms with Crippen LogP contribution in [-0.4, -0.2) is 38.5 Å². The van der Waals surface area contributed by atoms with Gasteiger partial charge < -0.3 is 9.84 Å². The fourth-order valence-corrected chi connectivity index (χ4v) is 3.31. The van der Waals surface area contributed by atoms with E-state index in [-0.39, 0.29) is 11.9 Å². The third-order valence-electron chi connectivity index (χ3n) is 4.80. The number of aryl methyl sites for hydroxylation is 2. The summed E-state index contributed by atoms with van der Waals surface area (Å²) in [5, 5.41) is 6.77. The van der Waals surface area contributed by atoms with Crippen LogP contribution in [0.4, 0.5) is 5.82 Å². The van der Waals surface area contributed by atoms with Crippen molar-refractivity contribution in [1.29, 1.82) is 0 Å². The molecule has 1 unspecified atom stereocenters. The van der Waals surface area contributed by atoms with Crippen LogP contribution >= 0.6 is 0 Å². The Bertz CT molecular complexity index is 758. The topological polar surface area (TPSA) is 84.2 Å². The van der Waals surface area contributed by atoms with Crippen LogP contribution in [0.15, 0.2) is 16.8 Å². The van der Waals surface area contributed by atoms with Gasteiger partial charge in [0, 0.05) is 31.8 Å². The van der Waals surface area contributed by atoms with Crippen LogP contribution in [-0.2, 0) is 24.2 Å². The van der Waals surface area contributed by atoms with E-state index in [1.807, 2.05) is 13.1 Å². The first-order valence-corrected chi connectivity index (χ1v) is 9.42. The molecular formula is C19H27N5O2. The molecule has 7 heteroatoms. The van der Waals surface area contributed by atoms with Crippen molar-refractivity contribution in [3.8, 4) is 0 Å². The number of hydrogen-bond donors (Lipinski definition) is 1. The van der Waals surface area contributed by atoms with Gasteiger partial charge in [-0.2, -0.15) is 0 Å². The van der Waals surface area contributed by atoms with E-state index in [4.69, 9.17) is 4.52 Å². The summed E-state index contributed by atoms with van der Waals surface area (Å²) in [5.41, 5.74) is 2.25. The number of carbonyl (C=O) groups excluding carboxylic acids is 1. The van der Waals surface area contributed by atoms with Crippen LogP contribution in [0.5, 0.6) is 0 Å². The van der Waals surface area contributed by atoms with E-state index in [1.54, 1.807) is 6.07 Å². The van der Waals surface area contributed by atoms with Gasteiger partial charge in [-0.3, -0.25) is 9.69 Å². The zero-order valence-corrected chi connectivity index (χ0v) is 15.8. The molecule has 140 valence electrons. The number of anilines is 1. The summed E-state index contributed by atoms with van der Waals surface area (Å²) in [6, 6.07) is 1.54. The van der Waals surface area contributed by atoms with Crippen LogP contribution in [0.3, 0.4) is 0 Å². The van der Waals surface area contributed by atoms with Crippen molar-refractivity contribution < 1.29 is 9.32 Å². The molecule has 3 rings (SSSR count). The first-order chi connectivity index (χ1) is 12.6. The van der Waals surface area contributed by atoms with Gasteiger partial charge in [-0.1, -0.05) is 31.8 Å². The third-order valence-corrected chi connectivity index (χ3v) is 4.80. The summed E-state index contributed by atoms with van der Waals surface area (Å²) in [6.07, 6.45) is 6.51. The fourth-order valence-electron chi connectivity index (χ4n) is 3.31. The van der Waals surface area contributed by atoms with Gasteiger partial charge in [0.2, 0.25) is 5.91 Å². The standard InChI is InChI=1S/C19H27N5O2/c1-4-6-7-16(19(25)22-18-10-13(3)26-23-18)24-9-8-14-11-20-17(5-2)21-15(14)12-24/h10-11,16H,4-9,12H2,1-3H3,(H,22,23,25). The Morgan fingerprint density at radius 3 is 2.96 bits per heavy atom. The van der Waals surface area contributed by atoms with E-state index in [1.165, 1.54) is 5.56 Å². The average Bonchev–Trinajstić information content (AvgIpc) is 3.06. The van der Waals surface area contributed by atoms with E-state index in [2.05, 4.69) is 39.2 Å². The second kappa shape index (κ2) is 8.40. The maximum atomic E-state index is 12.9. The number of fused-ring (bicyclic) bond motifs is 1. The van der Waals surface area contributed by atoms with Crippen LogP contribution < -0.4 is 5.32 Å². The summed E-state index contributed by atoms with van der Waals surface area (Å²) >= 11 is 0. The Hall–Kier alpha value is -2.28. The molecule has 1 aliphatic rings. The number of unbranched alkanes of at least 4 members (excludes halogenated alkanes) is 1. The number of nitrogens with zero attached hydrogens (tertiary/aromatic N) is 4. The van der Waals surface area contributed by atoms with Crippen LogP contribution in [0.25, 0.3) is 0 Å². The Morgan fingerprint density at radius 2 is 2.27 bits per heavy atom. The molecular weight excluding hydrogens is 330 g/mol. The van der Waals surface area contributed by atoms with E-state index in [0.29, 0.717) is 18.1 Å². The summed E-state index contributed by atoms with van der Waals surface area (Å²) in [6.45, 7) is 7.53. The van der Waals surface area contributed by atoms with Gasteiger partial charge in [0.05, 0.1) is 11.7 Å². The highest BCUT2D eigenvalue weighted by molar-refractivity contribution is 5.94. The normalized spacial score (nSPS) is 15.5. The summed E-state index contributed by atoms with van der Waals surface area (Å²) < 4.78 is 5.05. The smallest absolute Gasteiger partial charge is 0.242 e. The second-order valence-electron chi connectivity index (χ2n) is 6.80. The van der Waals surface area contributed by atoms with Gasteiger partial charge in [0.25, 0.3) is 0 Å². The predicted octanol–water partition coefficient (Wildman–Crippen LogP) is 2.89. The van der Waals surface area contributed by atoms with Gasteiger partial charge in [0.1, 0.15) is 11.6 Å². The number of amides is 1. The monoisotopic (exact) mass is 357 g/mol. The SMILES string of the molecule is CCCCC(C(=O)Nc1cc(C)on1)N1CCc2cnc(CC)nc2C1. The van der Waals surface area contributed by atoms with Crippen LogP contribution in [0.2, 0.25) is 0 Å². The molecule has 1 aliphatic heterocycles. The molecule has 1 N–H and O–H groups in total. The highest BCUT2D eigenvalue weighted by Crippen LogP contribution is 2.22. The van der Waals surface area contributed by atoms with Crippen molar-refractivity contribution in [2.45, 2.75) is 65.5 Å². The molecule has 2 aromatic heterocycles. The van der Waals surface area contributed by atoms with Crippen LogP contribution in [0, 0.1) is 6.92 Å². The van der Waals surface area contributed by atoms with Gasteiger partial charge in [-0.25, -0.2) is 9.97 Å². The Labute approximate surface area is 154 Å². The van der Waals surface area contributed by atoms with Gasteiger partial charge >= 0.3 is 0 Å². The summed E-state index contributed by atoms with van der Waals surface area (Å²) in [7, 11) is 0. The molecule has 7 nitrogen and oxygen atoms in total. The number of rotatable bonds is 7. The summed E-state index contributed by atoms with van der Waals surface area (Å²) in [5.74, 6) is 1.99. The Balaban J connectivity index is 1.75. The van der Waals surface area contributed by atoms with Crippen molar-refractivity contribution in [1.82, 2.24) is 20.0 Å². The van der Waals surface area contributed by atoms with Gasteiger partial charge in [0.15, 0.2) is 5.82 Å².